The number of hydrogen-bond donors (Lipinski definition) is 2. The molecule has 0 unspecified atom stereocenters. The quantitative estimate of drug-likeness (QED) is 0.418. The Morgan fingerprint density at radius 3 is 2.28 bits per heavy atom. The normalized spacial score (nSPS) is 18.0. The number of guanidine groups is 1. The molecule has 2 N–H and O–H groups in total. The van der Waals surface area contributed by atoms with Gasteiger partial charge < -0.3 is 24.8 Å². The first-order chi connectivity index (χ1) is 18.8. The Kier molecular flexibility index (Phi) is 9.40. The molecule has 0 aliphatic carbocycles. The maximum atomic E-state index is 13.5. The van der Waals surface area contributed by atoms with Crippen LogP contribution >= 0.6 is 0 Å². The van der Waals surface area contributed by atoms with E-state index in [1.165, 1.54) is 0 Å². The highest BCUT2D eigenvalue weighted by molar-refractivity contribution is 6.10. The second-order valence-corrected chi connectivity index (χ2v) is 10.1. The number of amides is 3. The van der Waals surface area contributed by atoms with E-state index in [0.29, 0.717) is 30.0 Å². The third kappa shape index (κ3) is 7.49. The minimum absolute atomic E-state index is 0.0171. The number of likely N-dealkylation sites (tertiary alicyclic amines) is 2. The van der Waals surface area contributed by atoms with Gasteiger partial charge in [-0.15, -0.1) is 0 Å². The Hall–Kier alpha value is -4.08. The zero-order valence-electron chi connectivity index (χ0n) is 23.0. The van der Waals surface area contributed by atoms with Crippen LogP contribution in [-0.4, -0.2) is 86.9 Å². The number of hydrogen-bond acceptors (Lipinski definition) is 6. The van der Waals surface area contributed by atoms with Gasteiger partial charge in [0.15, 0.2) is 0 Å². The number of nitrogens with zero attached hydrogens (tertiary/aromatic N) is 4. The van der Waals surface area contributed by atoms with Gasteiger partial charge in [0.25, 0.3) is 5.91 Å². The van der Waals surface area contributed by atoms with E-state index in [9.17, 15) is 14.4 Å². The lowest BCUT2D eigenvalue weighted by Gasteiger charge is -2.25. The number of benzene rings is 2. The van der Waals surface area contributed by atoms with Crippen LogP contribution in [0.1, 0.15) is 42.5 Å². The molecule has 0 saturated carbocycles. The van der Waals surface area contributed by atoms with Crippen LogP contribution in [0.5, 0.6) is 5.75 Å². The summed E-state index contributed by atoms with van der Waals surface area (Å²) in [4.78, 5) is 49.6. The summed E-state index contributed by atoms with van der Waals surface area (Å²) in [5.74, 6) is 0.312. The molecular formula is C29H38N6O4. The Labute approximate surface area is 230 Å². The molecule has 2 fully saturated rings. The fraction of sp³-hybridized carbons (Fsp3) is 0.448. The SMILES string of the molecule is COc1ccc(NC(=N[C@H]2CCCCN(CC(=O)N3CCCC3)C2=O)NC(=O)c2ccc(N(C)C)cc2)cc1. The van der Waals surface area contributed by atoms with E-state index < -0.39 is 6.04 Å². The lowest BCUT2D eigenvalue weighted by Crippen LogP contribution is -2.45. The first-order valence-corrected chi connectivity index (χ1v) is 13.5. The van der Waals surface area contributed by atoms with E-state index in [1.807, 2.05) is 48.2 Å². The molecule has 2 heterocycles. The molecule has 0 radical (unpaired) electrons. The summed E-state index contributed by atoms with van der Waals surface area (Å²) < 4.78 is 5.24. The van der Waals surface area contributed by atoms with Crippen molar-refractivity contribution in [2.24, 2.45) is 4.99 Å². The zero-order valence-corrected chi connectivity index (χ0v) is 23.0. The van der Waals surface area contributed by atoms with E-state index in [4.69, 9.17) is 9.73 Å². The van der Waals surface area contributed by atoms with Gasteiger partial charge >= 0.3 is 0 Å². The number of methoxy groups -OCH3 is 1. The summed E-state index contributed by atoms with van der Waals surface area (Å²) in [6.45, 7) is 2.09. The number of carbonyl (C=O) groups excluding carboxylic acids is 3. The highest BCUT2D eigenvalue weighted by Gasteiger charge is 2.30. The molecule has 0 spiro atoms. The summed E-state index contributed by atoms with van der Waals surface area (Å²) in [5.41, 5.74) is 2.12. The summed E-state index contributed by atoms with van der Waals surface area (Å²) in [7, 11) is 5.46. The molecule has 10 heteroatoms. The Morgan fingerprint density at radius 1 is 0.974 bits per heavy atom. The maximum absolute atomic E-state index is 13.5. The van der Waals surface area contributed by atoms with Crippen molar-refractivity contribution < 1.29 is 19.1 Å². The third-order valence-corrected chi connectivity index (χ3v) is 7.05. The van der Waals surface area contributed by atoms with Gasteiger partial charge in [0.2, 0.25) is 17.8 Å². The molecule has 3 amide bonds. The summed E-state index contributed by atoms with van der Waals surface area (Å²) in [5, 5.41) is 6.01. The van der Waals surface area contributed by atoms with Crippen molar-refractivity contribution in [1.29, 1.82) is 0 Å². The predicted molar refractivity (Wildman–Crippen MR) is 152 cm³/mol. The Balaban J connectivity index is 1.55. The molecule has 2 aromatic rings. The molecule has 2 aliphatic heterocycles. The van der Waals surface area contributed by atoms with Crippen LogP contribution in [0.25, 0.3) is 0 Å². The topological polar surface area (TPSA) is 107 Å². The highest BCUT2D eigenvalue weighted by Crippen LogP contribution is 2.19. The minimum atomic E-state index is -0.712. The summed E-state index contributed by atoms with van der Waals surface area (Å²) >= 11 is 0. The second-order valence-electron chi connectivity index (χ2n) is 10.1. The van der Waals surface area contributed by atoms with Gasteiger partial charge in [-0.25, -0.2) is 4.99 Å². The first-order valence-electron chi connectivity index (χ1n) is 13.5. The Morgan fingerprint density at radius 2 is 1.64 bits per heavy atom. The molecule has 10 nitrogen and oxygen atoms in total. The van der Waals surface area contributed by atoms with E-state index in [0.717, 1.165) is 44.5 Å². The van der Waals surface area contributed by atoms with Gasteiger partial charge in [0, 0.05) is 50.7 Å². The first kappa shape index (κ1) is 27.9. The average molecular weight is 535 g/mol. The molecule has 208 valence electrons. The van der Waals surface area contributed by atoms with Gasteiger partial charge in [-0.05, 0) is 80.6 Å². The monoisotopic (exact) mass is 534 g/mol. The molecule has 1 atom stereocenters. The van der Waals surface area contributed by atoms with Crippen LogP contribution in [0.15, 0.2) is 53.5 Å². The number of ether oxygens (including phenoxy) is 1. The Bertz CT molecular complexity index is 1170. The smallest absolute Gasteiger partial charge is 0.257 e. The zero-order chi connectivity index (χ0) is 27.8. The largest absolute Gasteiger partial charge is 0.497 e. The number of anilines is 2. The van der Waals surface area contributed by atoms with Crippen molar-refractivity contribution in [2.45, 2.75) is 38.1 Å². The van der Waals surface area contributed by atoms with Crippen molar-refractivity contribution in [2.75, 3.05) is 57.6 Å². The summed E-state index contributed by atoms with van der Waals surface area (Å²) in [6, 6.07) is 13.7. The molecule has 4 rings (SSSR count). The van der Waals surface area contributed by atoms with Gasteiger partial charge in [0.05, 0.1) is 13.7 Å². The third-order valence-electron chi connectivity index (χ3n) is 7.05. The molecule has 0 aromatic heterocycles. The molecule has 2 aliphatic rings. The van der Waals surface area contributed by atoms with Gasteiger partial charge in [-0.3, -0.25) is 19.7 Å². The van der Waals surface area contributed by atoms with Gasteiger partial charge in [-0.1, -0.05) is 0 Å². The molecule has 0 bridgehead atoms. The van der Waals surface area contributed by atoms with Crippen molar-refractivity contribution in [1.82, 2.24) is 15.1 Å². The van der Waals surface area contributed by atoms with E-state index in [-0.39, 0.29) is 30.2 Å². The lowest BCUT2D eigenvalue weighted by molar-refractivity contribution is -0.140. The molecule has 39 heavy (non-hydrogen) atoms. The number of carbonyl (C=O) groups is 3. The van der Waals surface area contributed by atoms with Gasteiger partial charge in [0.1, 0.15) is 11.8 Å². The molecular weight excluding hydrogens is 496 g/mol. The number of nitrogens with one attached hydrogen (secondary N) is 2. The van der Waals surface area contributed by atoms with E-state index in [2.05, 4.69) is 10.6 Å². The standard InChI is InChI=1S/C29H38N6O4/c1-33(2)23-13-9-21(10-14-23)27(37)32-29(30-22-11-15-24(39-3)16-12-22)31-25-8-4-5-19-35(28(25)38)20-26(36)34-17-6-7-18-34/h9-16,25H,4-8,17-20H2,1-3H3,(H2,30,31,32,37)/t25-/m0/s1. The van der Waals surface area contributed by atoms with Crippen LogP contribution in [0.4, 0.5) is 11.4 Å². The van der Waals surface area contributed by atoms with Gasteiger partial charge in [-0.2, -0.15) is 0 Å². The van der Waals surface area contributed by atoms with E-state index >= 15 is 0 Å². The van der Waals surface area contributed by atoms with Crippen LogP contribution in [0.2, 0.25) is 0 Å². The lowest BCUT2D eigenvalue weighted by atomic mass is 10.1. The molecule has 2 saturated heterocycles. The number of rotatable bonds is 7. The minimum Gasteiger partial charge on any atom is -0.497 e. The highest BCUT2D eigenvalue weighted by atomic mass is 16.5. The fourth-order valence-corrected chi connectivity index (χ4v) is 4.74. The van der Waals surface area contributed by atoms with Crippen molar-refractivity contribution >= 4 is 35.1 Å². The maximum Gasteiger partial charge on any atom is 0.257 e. The fourth-order valence-electron chi connectivity index (χ4n) is 4.74. The van der Waals surface area contributed by atoms with Crippen molar-refractivity contribution in [3.63, 3.8) is 0 Å². The average Bonchev–Trinajstić information content (AvgIpc) is 3.44. The van der Waals surface area contributed by atoms with Crippen molar-refractivity contribution in [3.05, 3.63) is 54.1 Å². The van der Waals surface area contributed by atoms with Crippen LogP contribution in [0.3, 0.4) is 0 Å². The summed E-state index contributed by atoms with van der Waals surface area (Å²) in [6.07, 6.45) is 4.14. The van der Waals surface area contributed by atoms with Crippen LogP contribution < -0.4 is 20.3 Å². The van der Waals surface area contributed by atoms with Crippen LogP contribution in [-0.2, 0) is 9.59 Å². The van der Waals surface area contributed by atoms with E-state index in [1.54, 1.807) is 36.3 Å². The van der Waals surface area contributed by atoms with Crippen LogP contribution in [0, 0.1) is 0 Å². The second kappa shape index (κ2) is 13.1. The number of aliphatic imine (C=N–C) groups is 1. The molecule has 2 aromatic carbocycles. The van der Waals surface area contributed by atoms with Crippen molar-refractivity contribution in [3.8, 4) is 5.75 Å². The predicted octanol–water partition coefficient (Wildman–Crippen LogP) is 2.96.